The van der Waals surface area contributed by atoms with E-state index >= 15 is 0 Å². The van der Waals surface area contributed by atoms with Gasteiger partial charge >= 0.3 is 0 Å². The van der Waals surface area contributed by atoms with Crippen LogP contribution in [-0.2, 0) is 6.42 Å². The number of aliphatic hydroxyl groups excluding tert-OH is 1. The summed E-state index contributed by atoms with van der Waals surface area (Å²) in [6.45, 7) is 1.03. The van der Waals surface area contributed by atoms with Crippen molar-refractivity contribution in [1.82, 2.24) is 10.3 Å². The van der Waals surface area contributed by atoms with Gasteiger partial charge in [-0.3, -0.25) is 0 Å². The third-order valence-electron chi connectivity index (χ3n) is 3.28. The second kappa shape index (κ2) is 4.72. The largest absolute Gasteiger partial charge is 0.391 e. The molecule has 2 atom stereocenters. The van der Waals surface area contributed by atoms with Gasteiger partial charge in [0.1, 0.15) is 0 Å². The van der Waals surface area contributed by atoms with E-state index in [0.29, 0.717) is 6.42 Å². The predicted molar refractivity (Wildman–Crippen MR) is 70.4 cm³/mol. The van der Waals surface area contributed by atoms with Crippen LogP contribution in [0.5, 0.6) is 0 Å². The number of benzene rings is 1. The summed E-state index contributed by atoms with van der Waals surface area (Å²) < 4.78 is 1.20. The first-order valence-electron chi connectivity index (χ1n) is 6.09. The highest BCUT2D eigenvalue weighted by Gasteiger charge is 2.23. The molecule has 0 radical (unpaired) electrons. The molecule has 3 rings (SSSR count). The fourth-order valence-corrected chi connectivity index (χ4v) is 3.39. The molecule has 0 amide bonds. The van der Waals surface area contributed by atoms with Gasteiger partial charge in [-0.15, -0.1) is 11.3 Å². The van der Waals surface area contributed by atoms with Crippen molar-refractivity contribution in [3.8, 4) is 0 Å². The molecule has 1 aliphatic heterocycles. The summed E-state index contributed by atoms with van der Waals surface area (Å²) in [6, 6.07) is 8.38. The van der Waals surface area contributed by atoms with Crippen LogP contribution in [0.2, 0.25) is 0 Å². The molecule has 2 N–H and O–H groups in total. The van der Waals surface area contributed by atoms with Crippen LogP contribution in [0.3, 0.4) is 0 Å². The van der Waals surface area contributed by atoms with Crippen molar-refractivity contribution < 1.29 is 5.11 Å². The van der Waals surface area contributed by atoms with Gasteiger partial charge < -0.3 is 10.4 Å². The van der Waals surface area contributed by atoms with Crippen molar-refractivity contribution in [2.45, 2.75) is 31.4 Å². The molecule has 17 heavy (non-hydrogen) atoms. The first-order valence-corrected chi connectivity index (χ1v) is 6.90. The van der Waals surface area contributed by atoms with E-state index in [0.717, 1.165) is 23.5 Å². The minimum Gasteiger partial charge on any atom is -0.391 e. The van der Waals surface area contributed by atoms with E-state index in [1.807, 2.05) is 18.2 Å². The number of hydrogen-bond donors (Lipinski definition) is 2. The minimum atomic E-state index is -0.307. The second-order valence-electron chi connectivity index (χ2n) is 4.55. The predicted octanol–water partition coefficient (Wildman–Crippen LogP) is 1.95. The smallest absolute Gasteiger partial charge is 0.0964 e. The van der Waals surface area contributed by atoms with Gasteiger partial charge in [0.15, 0.2) is 0 Å². The van der Waals surface area contributed by atoms with E-state index in [9.17, 15) is 5.11 Å². The molecule has 0 spiro atoms. The molecular weight excluding hydrogens is 232 g/mol. The Morgan fingerprint density at radius 1 is 1.47 bits per heavy atom. The Morgan fingerprint density at radius 2 is 2.35 bits per heavy atom. The van der Waals surface area contributed by atoms with Crippen LogP contribution in [0.1, 0.15) is 17.8 Å². The first kappa shape index (κ1) is 11.1. The lowest BCUT2D eigenvalue weighted by molar-refractivity contribution is 0.136. The van der Waals surface area contributed by atoms with Crippen molar-refractivity contribution in [2.24, 2.45) is 0 Å². The molecular formula is C13H16N2OS. The molecule has 1 aromatic heterocycles. The first-order chi connectivity index (χ1) is 8.33. The summed E-state index contributed by atoms with van der Waals surface area (Å²) in [5.41, 5.74) is 1.04. The number of aromatic nitrogens is 1. The second-order valence-corrected chi connectivity index (χ2v) is 5.66. The lowest BCUT2D eigenvalue weighted by Gasteiger charge is -2.16. The number of nitrogens with one attached hydrogen (secondary N) is 1. The zero-order valence-corrected chi connectivity index (χ0v) is 10.4. The highest BCUT2D eigenvalue weighted by molar-refractivity contribution is 7.18. The minimum absolute atomic E-state index is 0.252. The highest BCUT2D eigenvalue weighted by Crippen LogP contribution is 2.23. The number of thiazole rings is 1. The van der Waals surface area contributed by atoms with Crippen molar-refractivity contribution in [1.29, 1.82) is 0 Å². The van der Waals surface area contributed by atoms with Crippen LogP contribution in [0.4, 0.5) is 0 Å². The number of rotatable bonds is 3. The van der Waals surface area contributed by atoms with E-state index in [2.05, 4.69) is 16.4 Å². The number of fused-ring (bicyclic) bond motifs is 1. The summed E-state index contributed by atoms with van der Waals surface area (Å²) in [5.74, 6) is 0. The van der Waals surface area contributed by atoms with Crippen molar-refractivity contribution in [3.05, 3.63) is 29.3 Å². The van der Waals surface area contributed by atoms with Crippen LogP contribution in [0, 0.1) is 0 Å². The maximum absolute atomic E-state index is 10.1. The fourth-order valence-electron chi connectivity index (χ4n) is 2.37. The highest BCUT2D eigenvalue weighted by atomic mass is 32.1. The lowest BCUT2D eigenvalue weighted by atomic mass is 10.1. The van der Waals surface area contributed by atoms with E-state index < -0.39 is 0 Å². The summed E-state index contributed by atoms with van der Waals surface area (Å²) >= 11 is 1.69. The molecule has 0 bridgehead atoms. The van der Waals surface area contributed by atoms with E-state index in [-0.39, 0.29) is 12.1 Å². The molecule has 0 aliphatic carbocycles. The van der Waals surface area contributed by atoms with Gasteiger partial charge in [-0.05, 0) is 31.5 Å². The average Bonchev–Trinajstić information content (AvgIpc) is 2.97. The average molecular weight is 248 g/mol. The molecule has 2 heterocycles. The van der Waals surface area contributed by atoms with Gasteiger partial charge in [0, 0.05) is 12.5 Å². The molecule has 90 valence electrons. The molecule has 0 saturated carbocycles. The molecule has 1 fully saturated rings. The number of aliphatic hydroxyl groups is 1. The zero-order chi connectivity index (χ0) is 11.7. The Labute approximate surface area is 105 Å². The zero-order valence-electron chi connectivity index (χ0n) is 9.60. The van der Waals surface area contributed by atoms with E-state index in [1.54, 1.807) is 11.3 Å². The van der Waals surface area contributed by atoms with Gasteiger partial charge in [-0.2, -0.15) is 0 Å². The normalized spacial score (nSPS) is 22.1. The van der Waals surface area contributed by atoms with E-state index in [4.69, 9.17) is 0 Å². The molecule has 3 nitrogen and oxygen atoms in total. The topological polar surface area (TPSA) is 45.2 Å². The van der Waals surface area contributed by atoms with Gasteiger partial charge in [0.05, 0.1) is 21.3 Å². The van der Waals surface area contributed by atoms with Crippen molar-refractivity contribution in [3.63, 3.8) is 0 Å². The van der Waals surface area contributed by atoms with Crippen LogP contribution in [0.15, 0.2) is 24.3 Å². The molecule has 1 aliphatic rings. The monoisotopic (exact) mass is 248 g/mol. The SMILES string of the molecule is OC(Cc1nc2ccccc2s1)C1CCCN1. The summed E-state index contributed by atoms with van der Waals surface area (Å²) in [5, 5.41) is 14.5. The van der Waals surface area contributed by atoms with Crippen molar-refractivity contribution in [2.75, 3.05) is 6.54 Å². The van der Waals surface area contributed by atoms with Gasteiger partial charge in [0.2, 0.25) is 0 Å². The van der Waals surface area contributed by atoms with Gasteiger partial charge in [-0.25, -0.2) is 4.98 Å². The summed E-state index contributed by atoms with van der Waals surface area (Å²) in [7, 11) is 0. The summed E-state index contributed by atoms with van der Waals surface area (Å²) in [6.07, 6.45) is 2.60. The molecule has 2 aromatic rings. The fraction of sp³-hybridized carbons (Fsp3) is 0.462. The molecule has 4 heteroatoms. The maximum atomic E-state index is 10.1. The Kier molecular flexibility index (Phi) is 3.09. The third-order valence-corrected chi connectivity index (χ3v) is 4.34. The summed E-state index contributed by atoms with van der Waals surface area (Å²) in [4.78, 5) is 4.55. The Morgan fingerprint density at radius 3 is 3.12 bits per heavy atom. The maximum Gasteiger partial charge on any atom is 0.0964 e. The van der Waals surface area contributed by atoms with Gasteiger partial charge in [0.25, 0.3) is 0 Å². The van der Waals surface area contributed by atoms with Crippen LogP contribution < -0.4 is 5.32 Å². The van der Waals surface area contributed by atoms with E-state index in [1.165, 1.54) is 11.1 Å². The number of hydrogen-bond acceptors (Lipinski definition) is 4. The standard InChI is InChI=1S/C13H16N2OS/c16-11(9-5-3-7-14-9)8-13-15-10-4-1-2-6-12(10)17-13/h1-2,4,6,9,11,14,16H,3,5,7-8H2. The Bertz CT molecular complexity index is 472. The van der Waals surface area contributed by atoms with Crippen LogP contribution in [-0.4, -0.2) is 28.8 Å². The Hall–Kier alpha value is -0.970. The molecule has 1 aromatic carbocycles. The van der Waals surface area contributed by atoms with Gasteiger partial charge in [-0.1, -0.05) is 12.1 Å². The molecule has 2 unspecified atom stereocenters. The number of para-hydroxylation sites is 1. The quantitative estimate of drug-likeness (QED) is 0.872. The molecule has 1 saturated heterocycles. The third kappa shape index (κ3) is 2.34. The van der Waals surface area contributed by atoms with Crippen molar-refractivity contribution >= 4 is 21.6 Å². The van der Waals surface area contributed by atoms with Crippen LogP contribution >= 0.6 is 11.3 Å². The lowest BCUT2D eigenvalue weighted by Crippen LogP contribution is -2.36. The number of nitrogens with zero attached hydrogens (tertiary/aromatic N) is 1. The van der Waals surface area contributed by atoms with Crippen LogP contribution in [0.25, 0.3) is 10.2 Å². The Balaban J connectivity index is 1.75.